The van der Waals surface area contributed by atoms with Gasteiger partial charge < -0.3 is 19.7 Å². The second kappa shape index (κ2) is 10.4. The Morgan fingerprint density at radius 2 is 1.94 bits per heavy atom. The summed E-state index contributed by atoms with van der Waals surface area (Å²) in [7, 11) is 0. The van der Waals surface area contributed by atoms with Gasteiger partial charge in [-0.3, -0.25) is 19.6 Å². The van der Waals surface area contributed by atoms with Crippen LogP contribution in [0.5, 0.6) is 5.75 Å². The van der Waals surface area contributed by atoms with Crippen LogP contribution in [0, 0.1) is 18.6 Å². The lowest BCUT2D eigenvalue weighted by Gasteiger charge is -2.14. The van der Waals surface area contributed by atoms with Gasteiger partial charge in [-0.15, -0.1) is 0 Å². The SMILES string of the molecule is Cc1cc(OCc2ccc(F)cc2F)c(Br)c(=O)n1Cc1cnc(CNC(=O)CO)cn1. The molecule has 11 heteroatoms. The predicted octanol–water partition coefficient (Wildman–Crippen LogP) is 2.22. The monoisotopic (exact) mass is 508 g/mol. The number of carbonyl (C=O) groups is 1. The Balaban J connectivity index is 1.72. The Bertz CT molecular complexity index is 1190. The first-order valence-corrected chi connectivity index (χ1v) is 10.2. The van der Waals surface area contributed by atoms with Crippen LogP contribution in [0.2, 0.25) is 0 Å². The van der Waals surface area contributed by atoms with Crippen molar-refractivity contribution in [3.8, 4) is 5.75 Å². The molecule has 3 rings (SSSR count). The molecule has 0 aliphatic rings. The number of aliphatic hydroxyl groups is 1. The highest BCUT2D eigenvalue weighted by Crippen LogP contribution is 2.24. The molecule has 0 atom stereocenters. The summed E-state index contributed by atoms with van der Waals surface area (Å²) in [6, 6.07) is 4.81. The number of hydrogen-bond donors (Lipinski definition) is 2. The molecule has 0 unspecified atom stereocenters. The van der Waals surface area contributed by atoms with Gasteiger partial charge in [0.25, 0.3) is 5.56 Å². The molecule has 1 amide bonds. The smallest absolute Gasteiger partial charge is 0.269 e. The van der Waals surface area contributed by atoms with Crippen LogP contribution in [-0.4, -0.2) is 32.2 Å². The van der Waals surface area contributed by atoms with E-state index < -0.39 is 24.1 Å². The summed E-state index contributed by atoms with van der Waals surface area (Å²) in [5.74, 6) is -1.71. The van der Waals surface area contributed by atoms with Gasteiger partial charge in [0.2, 0.25) is 5.91 Å². The summed E-state index contributed by atoms with van der Waals surface area (Å²) >= 11 is 3.23. The zero-order valence-corrected chi connectivity index (χ0v) is 18.5. The molecule has 0 aliphatic heterocycles. The number of rotatable bonds is 8. The third-order valence-corrected chi connectivity index (χ3v) is 5.23. The van der Waals surface area contributed by atoms with Gasteiger partial charge in [0, 0.05) is 23.4 Å². The van der Waals surface area contributed by atoms with E-state index in [1.165, 1.54) is 23.0 Å². The first-order chi connectivity index (χ1) is 15.3. The Morgan fingerprint density at radius 1 is 1.22 bits per heavy atom. The quantitative estimate of drug-likeness (QED) is 0.483. The Hall–Kier alpha value is -3.18. The summed E-state index contributed by atoms with van der Waals surface area (Å²) in [6.07, 6.45) is 2.96. The number of aryl methyl sites for hydroxylation is 1. The number of pyridine rings is 1. The highest BCUT2D eigenvalue weighted by molar-refractivity contribution is 9.10. The van der Waals surface area contributed by atoms with E-state index in [1.807, 2.05) is 0 Å². The van der Waals surface area contributed by atoms with Crippen molar-refractivity contribution in [1.82, 2.24) is 19.9 Å². The average molecular weight is 509 g/mol. The Kier molecular flexibility index (Phi) is 7.65. The summed E-state index contributed by atoms with van der Waals surface area (Å²) in [5, 5.41) is 11.2. The number of nitrogens with one attached hydrogen (secondary N) is 1. The summed E-state index contributed by atoms with van der Waals surface area (Å²) in [4.78, 5) is 32.3. The van der Waals surface area contributed by atoms with Crippen molar-refractivity contribution in [2.24, 2.45) is 0 Å². The Labute approximate surface area is 190 Å². The van der Waals surface area contributed by atoms with Gasteiger partial charge in [-0.2, -0.15) is 0 Å². The number of aromatic nitrogens is 3. The first kappa shape index (κ1) is 23.5. The number of amides is 1. The molecule has 2 N–H and O–H groups in total. The number of carbonyl (C=O) groups excluding carboxylic acids is 1. The van der Waals surface area contributed by atoms with Crippen LogP contribution in [0.4, 0.5) is 8.78 Å². The summed E-state index contributed by atoms with van der Waals surface area (Å²) in [6.45, 7) is 1.20. The largest absolute Gasteiger partial charge is 0.487 e. The normalized spacial score (nSPS) is 10.8. The molecule has 32 heavy (non-hydrogen) atoms. The highest BCUT2D eigenvalue weighted by Gasteiger charge is 2.14. The number of halogens is 3. The number of hydrogen-bond acceptors (Lipinski definition) is 6. The fraction of sp³-hybridized carbons (Fsp3) is 0.238. The zero-order valence-electron chi connectivity index (χ0n) is 16.9. The van der Waals surface area contributed by atoms with Crippen molar-refractivity contribution < 1.29 is 23.4 Å². The maximum atomic E-state index is 13.8. The fourth-order valence-electron chi connectivity index (χ4n) is 2.77. The lowest BCUT2D eigenvalue weighted by atomic mass is 10.2. The van der Waals surface area contributed by atoms with Crippen LogP contribution >= 0.6 is 15.9 Å². The number of benzene rings is 1. The lowest BCUT2D eigenvalue weighted by molar-refractivity contribution is -0.124. The van der Waals surface area contributed by atoms with E-state index in [1.54, 1.807) is 13.0 Å². The Morgan fingerprint density at radius 3 is 2.59 bits per heavy atom. The minimum Gasteiger partial charge on any atom is -0.487 e. The van der Waals surface area contributed by atoms with E-state index in [0.29, 0.717) is 17.1 Å². The molecule has 2 aromatic heterocycles. The van der Waals surface area contributed by atoms with E-state index in [9.17, 15) is 18.4 Å². The third-order valence-electron chi connectivity index (χ3n) is 4.50. The van der Waals surface area contributed by atoms with E-state index in [-0.39, 0.29) is 41.0 Å². The summed E-state index contributed by atoms with van der Waals surface area (Å²) in [5.41, 5.74) is 1.37. The van der Waals surface area contributed by atoms with E-state index >= 15 is 0 Å². The number of ether oxygens (including phenoxy) is 1. The standard InChI is InChI=1S/C21H19BrF2N4O4/c1-12-4-18(32-11-13-2-3-14(23)5-17(13)24)20(22)21(31)28(12)9-16-8-25-15(6-26-16)7-27-19(30)10-29/h2-6,8,29H,7,9-11H2,1H3,(H,27,30). The summed E-state index contributed by atoms with van der Waals surface area (Å²) < 4.78 is 34.1. The van der Waals surface area contributed by atoms with Crippen molar-refractivity contribution in [1.29, 1.82) is 0 Å². The van der Waals surface area contributed by atoms with Crippen molar-refractivity contribution in [2.45, 2.75) is 26.6 Å². The van der Waals surface area contributed by atoms with Crippen molar-refractivity contribution in [2.75, 3.05) is 6.61 Å². The molecule has 1 aromatic carbocycles. The topological polar surface area (TPSA) is 106 Å². The van der Waals surface area contributed by atoms with Crippen LogP contribution in [0.25, 0.3) is 0 Å². The minimum atomic E-state index is -0.732. The number of nitrogens with zero attached hydrogens (tertiary/aromatic N) is 3. The molecule has 168 valence electrons. The average Bonchev–Trinajstić information content (AvgIpc) is 2.78. The van der Waals surface area contributed by atoms with Crippen molar-refractivity contribution >= 4 is 21.8 Å². The van der Waals surface area contributed by atoms with Crippen molar-refractivity contribution in [3.05, 3.63) is 85.8 Å². The highest BCUT2D eigenvalue weighted by atomic mass is 79.9. The predicted molar refractivity (Wildman–Crippen MR) is 114 cm³/mol. The maximum Gasteiger partial charge on any atom is 0.269 e. The molecular weight excluding hydrogens is 490 g/mol. The van der Waals surface area contributed by atoms with E-state index in [2.05, 4.69) is 31.2 Å². The van der Waals surface area contributed by atoms with Crippen LogP contribution in [0.3, 0.4) is 0 Å². The van der Waals surface area contributed by atoms with Crippen LogP contribution < -0.4 is 15.6 Å². The van der Waals surface area contributed by atoms with Gasteiger partial charge in [-0.1, -0.05) is 0 Å². The minimum absolute atomic E-state index is 0.123. The number of aliphatic hydroxyl groups excluding tert-OH is 1. The molecule has 0 radical (unpaired) electrons. The molecule has 0 spiro atoms. The first-order valence-electron chi connectivity index (χ1n) is 9.42. The van der Waals surface area contributed by atoms with Gasteiger partial charge in [-0.25, -0.2) is 8.78 Å². The van der Waals surface area contributed by atoms with Gasteiger partial charge in [0.15, 0.2) is 0 Å². The molecular formula is C21H19BrF2N4O4. The van der Waals surface area contributed by atoms with Gasteiger partial charge >= 0.3 is 0 Å². The fourth-order valence-corrected chi connectivity index (χ4v) is 3.22. The van der Waals surface area contributed by atoms with Gasteiger partial charge in [0.1, 0.15) is 35.1 Å². The van der Waals surface area contributed by atoms with Crippen LogP contribution in [0.1, 0.15) is 22.6 Å². The molecule has 8 nitrogen and oxygen atoms in total. The lowest BCUT2D eigenvalue weighted by Crippen LogP contribution is -2.26. The van der Waals surface area contributed by atoms with Crippen LogP contribution in [-0.2, 0) is 24.5 Å². The zero-order chi connectivity index (χ0) is 23.3. The third kappa shape index (κ3) is 5.74. The second-order valence-corrected chi connectivity index (χ2v) is 7.61. The van der Waals surface area contributed by atoms with E-state index in [4.69, 9.17) is 9.84 Å². The molecule has 0 saturated heterocycles. The van der Waals surface area contributed by atoms with E-state index in [0.717, 1.165) is 12.1 Å². The molecule has 0 saturated carbocycles. The second-order valence-electron chi connectivity index (χ2n) is 6.81. The van der Waals surface area contributed by atoms with Crippen LogP contribution in [0.15, 0.2) is 45.9 Å². The molecule has 0 fully saturated rings. The molecule has 3 aromatic rings. The molecule has 0 aliphatic carbocycles. The van der Waals surface area contributed by atoms with Gasteiger partial charge in [-0.05, 0) is 35.0 Å². The van der Waals surface area contributed by atoms with Gasteiger partial charge in [0.05, 0.1) is 36.9 Å². The maximum absolute atomic E-state index is 13.8. The molecule has 2 heterocycles. The molecule has 0 bridgehead atoms. The van der Waals surface area contributed by atoms with Crippen molar-refractivity contribution in [3.63, 3.8) is 0 Å².